The third kappa shape index (κ3) is 14.5. The van der Waals surface area contributed by atoms with Crippen LogP contribution in [0.4, 0.5) is 0 Å². The van der Waals surface area contributed by atoms with Crippen LogP contribution in [0.2, 0.25) is 0 Å². The minimum atomic E-state index is -0.854. The van der Waals surface area contributed by atoms with Gasteiger partial charge < -0.3 is 14.2 Å². The van der Waals surface area contributed by atoms with Crippen LogP contribution in [-0.2, 0) is 14.2 Å². The van der Waals surface area contributed by atoms with Crippen molar-refractivity contribution < 1.29 is 14.2 Å². The van der Waals surface area contributed by atoms with Gasteiger partial charge in [-0.3, -0.25) is 0 Å². The van der Waals surface area contributed by atoms with Crippen LogP contribution in [0.1, 0.15) is 131 Å². The number of unbranched alkanes of at least 4 members (excludes halogenated alkanes) is 8. The molecule has 0 spiro atoms. The topological polar surface area (TPSA) is 27.7 Å². The van der Waals surface area contributed by atoms with E-state index in [2.05, 4.69) is 41.5 Å². The zero-order valence-electron chi connectivity index (χ0n) is 20.9. The lowest BCUT2D eigenvalue weighted by atomic mass is 9.89. The summed E-state index contributed by atoms with van der Waals surface area (Å²) in [5, 5.41) is 0. The fraction of sp³-hybridized carbons (Fsp3) is 1.00. The summed E-state index contributed by atoms with van der Waals surface area (Å²) >= 11 is 0. The van der Waals surface area contributed by atoms with Gasteiger partial charge in [-0.15, -0.1) is 0 Å². The van der Waals surface area contributed by atoms with Gasteiger partial charge in [-0.1, -0.05) is 99.3 Å². The summed E-state index contributed by atoms with van der Waals surface area (Å²) in [6.45, 7) is 15.7. The predicted molar refractivity (Wildman–Crippen MR) is 126 cm³/mol. The van der Waals surface area contributed by atoms with E-state index >= 15 is 0 Å². The molecule has 0 aliphatic heterocycles. The lowest BCUT2D eigenvalue weighted by Crippen LogP contribution is -2.48. The number of hydrogen-bond donors (Lipinski definition) is 0. The van der Waals surface area contributed by atoms with Crippen LogP contribution in [0.15, 0.2) is 0 Å². The lowest BCUT2D eigenvalue weighted by molar-refractivity contribution is -0.408. The maximum Gasteiger partial charge on any atom is 0.285 e. The molecule has 0 aliphatic rings. The molecule has 0 saturated heterocycles. The van der Waals surface area contributed by atoms with Gasteiger partial charge in [-0.25, -0.2) is 0 Å². The molecule has 0 radical (unpaired) electrons. The molecule has 29 heavy (non-hydrogen) atoms. The fourth-order valence-corrected chi connectivity index (χ4v) is 3.73. The van der Waals surface area contributed by atoms with E-state index < -0.39 is 5.97 Å². The SMILES string of the molecule is CCCCCCCCC(CC(C)C)C(OCCCC)(OCCCC)OCCCC. The molecular formula is C26H54O3. The van der Waals surface area contributed by atoms with Crippen molar-refractivity contribution in [2.75, 3.05) is 19.8 Å². The van der Waals surface area contributed by atoms with Gasteiger partial charge in [0.05, 0.1) is 19.8 Å². The Bertz CT molecular complexity index is 303. The molecule has 176 valence electrons. The van der Waals surface area contributed by atoms with Gasteiger partial charge in [0.15, 0.2) is 0 Å². The van der Waals surface area contributed by atoms with Crippen LogP contribution in [0.25, 0.3) is 0 Å². The molecule has 0 aromatic carbocycles. The van der Waals surface area contributed by atoms with Crippen LogP contribution >= 0.6 is 0 Å². The van der Waals surface area contributed by atoms with Crippen molar-refractivity contribution in [2.24, 2.45) is 11.8 Å². The first-order chi connectivity index (χ1) is 14.1. The highest BCUT2D eigenvalue weighted by Gasteiger charge is 2.42. The molecule has 0 N–H and O–H groups in total. The van der Waals surface area contributed by atoms with Gasteiger partial charge in [-0.05, 0) is 38.0 Å². The molecule has 0 aromatic heterocycles. The minimum absolute atomic E-state index is 0.305. The Hall–Kier alpha value is -0.120. The summed E-state index contributed by atoms with van der Waals surface area (Å²) in [6, 6.07) is 0. The maximum absolute atomic E-state index is 6.48. The predicted octanol–water partition coefficient (Wildman–Crippen LogP) is 8.50. The van der Waals surface area contributed by atoms with Gasteiger partial charge in [-0.2, -0.15) is 0 Å². The molecule has 1 unspecified atom stereocenters. The largest absolute Gasteiger partial charge is 0.327 e. The summed E-state index contributed by atoms with van der Waals surface area (Å²) in [6.07, 6.45) is 16.7. The van der Waals surface area contributed by atoms with E-state index in [1.807, 2.05) is 0 Å². The van der Waals surface area contributed by atoms with Crippen molar-refractivity contribution in [3.8, 4) is 0 Å². The van der Waals surface area contributed by atoms with E-state index in [-0.39, 0.29) is 0 Å². The zero-order valence-corrected chi connectivity index (χ0v) is 20.9. The van der Waals surface area contributed by atoms with E-state index in [1.54, 1.807) is 0 Å². The van der Waals surface area contributed by atoms with Gasteiger partial charge in [0.1, 0.15) is 0 Å². The molecule has 1 atom stereocenters. The first-order valence-corrected chi connectivity index (χ1v) is 13.0. The first kappa shape index (κ1) is 28.9. The van der Waals surface area contributed by atoms with E-state index in [4.69, 9.17) is 14.2 Å². The highest BCUT2D eigenvalue weighted by atomic mass is 16.9. The smallest absolute Gasteiger partial charge is 0.285 e. The summed E-state index contributed by atoms with van der Waals surface area (Å²) < 4.78 is 19.4. The van der Waals surface area contributed by atoms with Crippen LogP contribution in [0.3, 0.4) is 0 Å². The van der Waals surface area contributed by atoms with E-state index in [1.165, 1.54) is 38.5 Å². The van der Waals surface area contributed by atoms with Crippen molar-refractivity contribution in [3.63, 3.8) is 0 Å². The fourth-order valence-electron chi connectivity index (χ4n) is 3.73. The Labute approximate surface area is 183 Å². The molecular weight excluding hydrogens is 360 g/mol. The highest BCUT2D eigenvalue weighted by Crippen LogP contribution is 2.36. The van der Waals surface area contributed by atoms with Crippen molar-refractivity contribution in [1.29, 1.82) is 0 Å². The third-order valence-corrected chi connectivity index (χ3v) is 5.57. The first-order valence-electron chi connectivity index (χ1n) is 13.0. The van der Waals surface area contributed by atoms with Gasteiger partial charge >= 0.3 is 0 Å². The second kappa shape index (κ2) is 19.8. The number of ether oxygens (including phenoxy) is 3. The van der Waals surface area contributed by atoms with Crippen LogP contribution in [0.5, 0.6) is 0 Å². The molecule has 3 nitrogen and oxygen atoms in total. The normalized spacial score (nSPS) is 13.3. The van der Waals surface area contributed by atoms with Crippen molar-refractivity contribution in [1.82, 2.24) is 0 Å². The second-order valence-corrected chi connectivity index (χ2v) is 9.09. The summed E-state index contributed by atoms with van der Waals surface area (Å²) in [5.41, 5.74) is 0. The monoisotopic (exact) mass is 414 g/mol. The molecule has 0 aliphatic carbocycles. The Morgan fingerprint density at radius 2 is 0.966 bits per heavy atom. The third-order valence-electron chi connectivity index (χ3n) is 5.57. The minimum Gasteiger partial charge on any atom is -0.327 e. The van der Waals surface area contributed by atoms with Crippen LogP contribution in [0, 0.1) is 11.8 Å². The quantitative estimate of drug-likeness (QED) is 0.131. The summed E-state index contributed by atoms with van der Waals surface area (Å²) in [7, 11) is 0. The van der Waals surface area contributed by atoms with Gasteiger partial charge in [0, 0.05) is 5.92 Å². The highest BCUT2D eigenvalue weighted by molar-refractivity contribution is 4.75. The molecule has 0 heterocycles. The van der Waals surface area contributed by atoms with Gasteiger partial charge in [0.25, 0.3) is 5.97 Å². The summed E-state index contributed by atoms with van der Waals surface area (Å²) in [5.74, 6) is 0.0609. The van der Waals surface area contributed by atoms with E-state index in [9.17, 15) is 0 Å². The molecule has 0 bridgehead atoms. The number of rotatable bonds is 22. The molecule has 0 saturated carbocycles. The molecule has 0 fully saturated rings. The van der Waals surface area contributed by atoms with Crippen LogP contribution < -0.4 is 0 Å². The Morgan fingerprint density at radius 3 is 1.38 bits per heavy atom. The molecule has 0 aromatic rings. The zero-order chi connectivity index (χ0) is 21.8. The van der Waals surface area contributed by atoms with Crippen molar-refractivity contribution in [2.45, 2.75) is 137 Å². The molecule has 0 rings (SSSR count). The van der Waals surface area contributed by atoms with E-state index in [0.717, 1.165) is 71.2 Å². The van der Waals surface area contributed by atoms with Gasteiger partial charge in [0.2, 0.25) is 0 Å². The van der Waals surface area contributed by atoms with Crippen LogP contribution in [-0.4, -0.2) is 25.8 Å². The average Bonchev–Trinajstić information content (AvgIpc) is 2.69. The van der Waals surface area contributed by atoms with Crippen molar-refractivity contribution >= 4 is 0 Å². The Kier molecular flexibility index (Phi) is 19.7. The molecule has 3 heteroatoms. The maximum atomic E-state index is 6.48. The standard InChI is InChI=1S/C26H54O3/c1-7-11-15-16-17-18-19-25(23-24(5)6)26(27-20-12-8-2,28-21-13-9-3)29-22-14-10-4/h24-25H,7-23H2,1-6H3. The van der Waals surface area contributed by atoms with E-state index in [0.29, 0.717) is 11.8 Å². The second-order valence-electron chi connectivity index (χ2n) is 9.09. The Balaban J connectivity index is 5.24. The molecule has 0 amide bonds. The Morgan fingerprint density at radius 1 is 0.552 bits per heavy atom. The lowest BCUT2D eigenvalue weighted by Gasteiger charge is -2.40. The average molecular weight is 415 g/mol. The number of hydrogen-bond acceptors (Lipinski definition) is 3. The van der Waals surface area contributed by atoms with Crippen molar-refractivity contribution in [3.05, 3.63) is 0 Å². The summed E-state index contributed by atoms with van der Waals surface area (Å²) in [4.78, 5) is 0.